The monoisotopic (exact) mass is 333 g/mol. The zero-order chi connectivity index (χ0) is 17.4. The number of hydrogen-bond acceptors (Lipinski definition) is 3. The van der Waals surface area contributed by atoms with Gasteiger partial charge in [-0.25, -0.2) is 0 Å². The zero-order valence-corrected chi connectivity index (χ0v) is 14.3. The molecule has 1 aliphatic rings. The molecule has 5 heteroatoms. The quantitative estimate of drug-likeness (QED) is 0.792. The number of aliphatic carboxylic acids is 1. The Morgan fingerprint density at radius 3 is 2.75 bits per heavy atom. The molecule has 1 aromatic carbocycles. The second-order valence-electron chi connectivity index (χ2n) is 6.46. The van der Waals surface area contributed by atoms with Crippen LogP contribution in [0.4, 0.5) is 0 Å². The predicted octanol–water partition coefficient (Wildman–Crippen LogP) is 3.34. The molecule has 0 aliphatic carbocycles. The van der Waals surface area contributed by atoms with E-state index in [1.807, 2.05) is 42.2 Å². The van der Waals surface area contributed by atoms with Gasteiger partial charge < -0.3 is 14.7 Å². The molecule has 1 heterocycles. The van der Waals surface area contributed by atoms with Gasteiger partial charge in [-0.05, 0) is 44.2 Å². The number of benzene rings is 1. The van der Waals surface area contributed by atoms with Gasteiger partial charge in [0.2, 0.25) is 5.91 Å². The van der Waals surface area contributed by atoms with Gasteiger partial charge in [-0.15, -0.1) is 0 Å². The van der Waals surface area contributed by atoms with Crippen molar-refractivity contribution in [3.8, 4) is 5.75 Å². The maximum absolute atomic E-state index is 12.7. The topological polar surface area (TPSA) is 66.8 Å². The van der Waals surface area contributed by atoms with Crippen molar-refractivity contribution in [2.75, 3.05) is 13.2 Å². The van der Waals surface area contributed by atoms with E-state index in [1.165, 1.54) is 0 Å². The van der Waals surface area contributed by atoms with E-state index in [-0.39, 0.29) is 24.3 Å². The lowest BCUT2D eigenvalue weighted by molar-refractivity contribution is -0.142. The molecular weight excluding hydrogens is 306 g/mol. The highest BCUT2D eigenvalue weighted by Crippen LogP contribution is 2.24. The molecule has 1 aliphatic heterocycles. The molecule has 5 nitrogen and oxygen atoms in total. The van der Waals surface area contributed by atoms with Gasteiger partial charge in [0.05, 0.1) is 6.61 Å². The van der Waals surface area contributed by atoms with E-state index in [2.05, 4.69) is 0 Å². The maximum atomic E-state index is 12.7. The van der Waals surface area contributed by atoms with E-state index < -0.39 is 5.97 Å². The first-order valence-electron chi connectivity index (χ1n) is 8.78. The number of piperidine rings is 1. The Labute approximate surface area is 143 Å². The van der Waals surface area contributed by atoms with Crippen LogP contribution in [0.1, 0.15) is 45.4 Å². The zero-order valence-electron chi connectivity index (χ0n) is 14.3. The Kier molecular flexibility index (Phi) is 7.09. The average Bonchev–Trinajstić information content (AvgIpc) is 2.60. The smallest absolute Gasteiger partial charge is 0.303 e. The highest BCUT2D eigenvalue weighted by Gasteiger charge is 2.29. The number of para-hydroxylation sites is 1. The Morgan fingerprint density at radius 1 is 1.29 bits per heavy atom. The fourth-order valence-electron chi connectivity index (χ4n) is 3.16. The van der Waals surface area contributed by atoms with Crippen molar-refractivity contribution >= 4 is 11.9 Å². The van der Waals surface area contributed by atoms with Crippen LogP contribution in [0.2, 0.25) is 0 Å². The van der Waals surface area contributed by atoms with Crippen molar-refractivity contribution < 1.29 is 19.4 Å². The number of rotatable bonds is 8. The summed E-state index contributed by atoms with van der Waals surface area (Å²) in [6.45, 7) is 3.18. The number of carbonyl (C=O) groups is 2. The minimum absolute atomic E-state index is 0.0693. The van der Waals surface area contributed by atoms with Crippen LogP contribution in [-0.2, 0) is 9.59 Å². The first kappa shape index (κ1) is 18.3. The van der Waals surface area contributed by atoms with E-state index >= 15 is 0 Å². The van der Waals surface area contributed by atoms with Crippen molar-refractivity contribution in [2.24, 2.45) is 5.92 Å². The fourth-order valence-corrected chi connectivity index (χ4v) is 3.16. The maximum Gasteiger partial charge on any atom is 0.303 e. The summed E-state index contributed by atoms with van der Waals surface area (Å²) in [5.41, 5.74) is 0. The van der Waals surface area contributed by atoms with Crippen LogP contribution in [0.5, 0.6) is 5.75 Å². The van der Waals surface area contributed by atoms with E-state index in [9.17, 15) is 9.59 Å². The lowest BCUT2D eigenvalue weighted by Gasteiger charge is -2.37. The Hall–Kier alpha value is -2.04. The highest BCUT2D eigenvalue weighted by molar-refractivity contribution is 5.79. The van der Waals surface area contributed by atoms with Gasteiger partial charge in [0.25, 0.3) is 0 Å². The Morgan fingerprint density at radius 2 is 2.04 bits per heavy atom. The molecule has 24 heavy (non-hydrogen) atoms. The van der Waals surface area contributed by atoms with Crippen LogP contribution < -0.4 is 4.74 Å². The van der Waals surface area contributed by atoms with Gasteiger partial charge >= 0.3 is 5.97 Å². The molecule has 1 saturated heterocycles. The fraction of sp³-hybridized carbons (Fsp3) is 0.579. The van der Waals surface area contributed by atoms with Crippen molar-refractivity contribution in [1.82, 2.24) is 4.90 Å². The molecule has 2 atom stereocenters. The van der Waals surface area contributed by atoms with Crippen LogP contribution in [0.3, 0.4) is 0 Å². The Bertz CT molecular complexity index is 531. The average molecular weight is 333 g/mol. The molecule has 0 saturated carbocycles. The lowest BCUT2D eigenvalue weighted by Crippen LogP contribution is -2.46. The van der Waals surface area contributed by atoms with Gasteiger partial charge in [-0.1, -0.05) is 25.1 Å². The van der Waals surface area contributed by atoms with Crippen LogP contribution >= 0.6 is 0 Å². The third kappa shape index (κ3) is 5.55. The summed E-state index contributed by atoms with van der Waals surface area (Å²) >= 11 is 0. The summed E-state index contributed by atoms with van der Waals surface area (Å²) < 4.78 is 5.67. The van der Waals surface area contributed by atoms with Crippen molar-refractivity contribution in [1.29, 1.82) is 0 Å². The van der Waals surface area contributed by atoms with Crippen LogP contribution in [0.25, 0.3) is 0 Å². The molecule has 0 radical (unpaired) electrons. The molecule has 1 amide bonds. The number of ether oxygens (including phenoxy) is 1. The molecule has 2 rings (SSSR count). The summed E-state index contributed by atoms with van der Waals surface area (Å²) in [7, 11) is 0. The van der Waals surface area contributed by atoms with Crippen LogP contribution in [0, 0.1) is 5.92 Å². The van der Waals surface area contributed by atoms with Crippen molar-refractivity contribution in [3.05, 3.63) is 30.3 Å². The molecule has 0 aromatic heterocycles. The largest absolute Gasteiger partial charge is 0.494 e. The normalized spacial score (nSPS) is 18.9. The van der Waals surface area contributed by atoms with Crippen LogP contribution in [0.15, 0.2) is 30.3 Å². The summed E-state index contributed by atoms with van der Waals surface area (Å²) in [4.78, 5) is 25.4. The second-order valence-corrected chi connectivity index (χ2v) is 6.46. The van der Waals surface area contributed by atoms with E-state index in [1.54, 1.807) is 0 Å². The van der Waals surface area contributed by atoms with E-state index in [0.717, 1.165) is 31.6 Å². The summed E-state index contributed by atoms with van der Waals surface area (Å²) in [6, 6.07) is 9.65. The molecule has 1 fully saturated rings. The molecule has 0 bridgehead atoms. The Balaban J connectivity index is 1.82. The van der Waals surface area contributed by atoms with Crippen LogP contribution in [-0.4, -0.2) is 41.1 Å². The van der Waals surface area contributed by atoms with Gasteiger partial charge in [-0.2, -0.15) is 0 Å². The number of hydrogen-bond donors (Lipinski definition) is 1. The molecule has 1 N–H and O–H groups in total. The van der Waals surface area contributed by atoms with Crippen molar-refractivity contribution in [2.45, 2.75) is 51.5 Å². The number of amides is 1. The first-order chi connectivity index (χ1) is 11.6. The van der Waals surface area contributed by atoms with Gasteiger partial charge in [-0.3, -0.25) is 9.59 Å². The molecule has 1 aromatic rings. The number of carboxylic acids is 1. The molecular formula is C19H27NO4. The van der Waals surface area contributed by atoms with Gasteiger partial charge in [0.15, 0.2) is 0 Å². The molecule has 2 unspecified atom stereocenters. The minimum Gasteiger partial charge on any atom is -0.494 e. The molecule has 132 valence electrons. The van der Waals surface area contributed by atoms with E-state index in [4.69, 9.17) is 9.84 Å². The number of carbonyl (C=O) groups excluding carboxylic acids is 1. The summed E-state index contributed by atoms with van der Waals surface area (Å²) in [5, 5.41) is 8.88. The number of carboxylic acid groups (broad SMARTS) is 1. The predicted molar refractivity (Wildman–Crippen MR) is 91.9 cm³/mol. The number of likely N-dealkylation sites (tertiary alicyclic amines) is 1. The van der Waals surface area contributed by atoms with Crippen molar-refractivity contribution in [3.63, 3.8) is 0 Å². The van der Waals surface area contributed by atoms with Gasteiger partial charge in [0, 0.05) is 24.9 Å². The first-order valence-corrected chi connectivity index (χ1v) is 8.78. The SMILES string of the molecule is CC(CCOc1ccccc1)C(=O)N1CCCCC1CCC(=O)O. The third-order valence-corrected chi connectivity index (χ3v) is 4.59. The summed E-state index contributed by atoms with van der Waals surface area (Å²) in [6.07, 6.45) is 4.32. The van der Waals surface area contributed by atoms with Gasteiger partial charge in [0.1, 0.15) is 5.75 Å². The summed E-state index contributed by atoms with van der Waals surface area (Å²) in [5.74, 6) is 0.0348. The number of nitrogens with zero attached hydrogens (tertiary/aromatic N) is 1. The molecule has 0 spiro atoms. The lowest BCUT2D eigenvalue weighted by atomic mass is 9.95. The minimum atomic E-state index is -0.794. The highest BCUT2D eigenvalue weighted by atomic mass is 16.5. The van der Waals surface area contributed by atoms with E-state index in [0.29, 0.717) is 19.4 Å². The standard InChI is InChI=1S/C19H27NO4/c1-15(12-14-24-17-8-3-2-4-9-17)19(23)20-13-6-5-7-16(20)10-11-18(21)22/h2-4,8-9,15-16H,5-7,10-14H2,1H3,(H,21,22). The second kappa shape index (κ2) is 9.30. The third-order valence-electron chi connectivity index (χ3n) is 4.59.